The van der Waals surface area contributed by atoms with E-state index < -0.39 is 0 Å². The van der Waals surface area contributed by atoms with Crippen molar-refractivity contribution in [3.63, 3.8) is 0 Å². The van der Waals surface area contributed by atoms with Crippen molar-refractivity contribution < 1.29 is 28.4 Å². The fourth-order valence-electron chi connectivity index (χ4n) is 1.91. The quantitative estimate of drug-likeness (QED) is 0.593. The van der Waals surface area contributed by atoms with Crippen molar-refractivity contribution in [2.45, 2.75) is 0 Å². The van der Waals surface area contributed by atoms with Crippen molar-refractivity contribution in [2.24, 2.45) is 0 Å². The number of hydrogen-bond donors (Lipinski definition) is 2. The summed E-state index contributed by atoms with van der Waals surface area (Å²) >= 11 is 0. The summed E-state index contributed by atoms with van der Waals surface area (Å²) < 4.78 is 32.7. The lowest BCUT2D eigenvalue weighted by Crippen LogP contribution is -2.26. The Kier molecular flexibility index (Phi) is 17.2. The number of rotatable bonds is 0. The highest BCUT2D eigenvalue weighted by atomic mass is 16.5. The summed E-state index contributed by atoms with van der Waals surface area (Å²) in [4.78, 5) is 0. The van der Waals surface area contributed by atoms with Crippen LogP contribution in [0.1, 0.15) is 0 Å². The Labute approximate surface area is 145 Å². The van der Waals surface area contributed by atoms with Gasteiger partial charge in [0, 0.05) is 26.2 Å². The zero-order valence-corrected chi connectivity index (χ0v) is 14.8. The van der Waals surface area contributed by atoms with Crippen molar-refractivity contribution in [3.8, 4) is 0 Å². The van der Waals surface area contributed by atoms with Crippen LogP contribution >= 0.6 is 0 Å². The second kappa shape index (κ2) is 19.0. The zero-order chi connectivity index (χ0) is 17.0. The second-order valence-corrected chi connectivity index (χ2v) is 5.17. The molecule has 0 unspecified atom stereocenters. The molecule has 0 aromatic rings. The predicted octanol–water partition coefficient (Wildman–Crippen LogP) is -0.721. The van der Waals surface area contributed by atoms with Crippen LogP contribution in [0.15, 0.2) is 0 Å². The fraction of sp³-hybridized carbons (Fsp3) is 1.00. The molecule has 1 aliphatic rings. The Balaban J connectivity index is 2.00. The van der Waals surface area contributed by atoms with Crippen molar-refractivity contribution >= 4 is 0 Å². The average molecular weight is 350 g/mol. The highest BCUT2D eigenvalue weighted by Gasteiger charge is 1.95. The lowest BCUT2D eigenvalue weighted by Gasteiger charge is -2.10. The van der Waals surface area contributed by atoms with Crippen LogP contribution < -0.4 is 10.6 Å². The van der Waals surface area contributed by atoms with Gasteiger partial charge in [-0.2, -0.15) is 0 Å². The lowest BCUT2D eigenvalue weighted by atomic mass is 10.6. The molecule has 8 heteroatoms. The topological polar surface area (TPSA) is 79.4 Å². The predicted molar refractivity (Wildman–Crippen MR) is 90.7 cm³/mol. The molecule has 1 saturated heterocycles. The molecule has 1 aliphatic heterocycles. The maximum Gasteiger partial charge on any atom is 0.0701 e. The van der Waals surface area contributed by atoms with Gasteiger partial charge in [0.15, 0.2) is 0 Å². The van der Waals surface area contributed by atoms with Gasteiger partial charge in [-0.1, -0.05) is 0 Å². The van der Waals surface area contributed by atoms with Crippen LogP contribution in [-0.4, -0.2) is 105 Å². The molecule has 144 valence electrons. The summed E-state index contributed by atoms with van der Waals surface area (Å²) in [7, 11) is 0. The maximum atomic E-state index is 5.46. The molecule has 8 nitrogen and oxygen atoms in total. The van der Waals surface area contributed by atoms with E-state index in [0.717, 1.165) is 26.2 Å². The molecule has 0 atom stereocenters. The van der Waals surface area contributed by atoms with E-state index in [9.17, 15) is 0 Å². The van der Waals surface area contributed by atoms with E-state index in [1.165, 1.54) is 0 Å². The molecule has 0 aromatic heterocycles. The second-order valence-electron chi connectivity index (χ2n) is 5.17. The number of hydrogen-bond acceptors (Lipinski definition) is 8. The van der Waals surface area contributed by atoms with E-state index in [4.69, 9.17) is 28.4 Å². The number of nitrogens with one attached hydrogen (secondary N) is 2. The van der Waals surface area contributed by atoms with Gasteiger partial charge in [-0.3, -0.25) is 0 Å². The summed E-state index contributed by atoms with van der Waals surface area (Å²) in [5, 5.41) is 6.52. The van der Waals surface area contributed by atoms with Crippen molar-refractivity contribution in [1.82, 2.24) is 10.6 Å². The van der Waals surface area contributed by atoms with Crippen molar-refractivity contribution in [3.05, 3.63) is 0 Å². The number of ether oxygens (including phenoxy) is 6. The van der Waals surface area contributed by atoms with Gasteiger partial charge in [-0.15, -0.1) is 0 Å². The molecule has 0 bridgehead atoms. The summed E-state index contributed by atoms with van der Waals surface area (Å²) in [6.07, 6.45) is 0. The molecule has 0 aromatic carbocycles. The largest absolute Gasteiger partial charge is 0.378 e. The van der Waals surface area contributed by atoms with Crippen LogP contribution in [0.25, 0.3) is 0 Å². The molecule has 0 amide bonds. The lowest BCUT2D eigenvalue weighted by molar-refractivity contribution is 0.0100. The minimum absolute atomic E-state index is 0.599. The molecule has 1 fully saturated rings. The van der Waals surface area contributed by atoms with Crippen LogP contribution in [0.3, 0.4) is 0 Å². The average Bonchev–Trinajstić information content (AvgIpc) is 2.59. The Morgan fingerprint density at radius 1 is 0.292 bits per heavy atom. The summed E-state index contributed by atoms with van der Waals surface area (Å²) in [5.74, 6) is 0. The van der Waals surface area contributed by atoms with E-state index in [1.54, 1.807) is 0 Å². The minimum atomic E-state index is 0.599. The minimum Gasteiger partial charge on any atom is -0.378 e. The highest BCUT2D eigenvalue weighted by Crippen LogP contribution is 1.83. The first-order valence-electron chi connectivity index (χ1n) is 8.88. The third kappa shape index (κ3) is 16.5. The van der Waals surface area contributed by atoms with Crippen LogP contribution in [-0.2, 0) is 28.4 Å². The summed E-state index contributed by atoms with van der Waals surface area (Å²) in [6.45, 7) is 10.8. The molecule has 0 aliphatic carbocycles. The smallest absolute Gasteiger partial charge is 0.0701 e. The molecule has 0 radical (unpaired) electrons. The van der Waals surface area contributed by atoms with Gasteiger partial charge in [0.1, 0.15) is 0 Å². The SMILES string of the molecule is C1COCCOCCOCCNCCOCCOCCOCCN1. The first-order chi connectivity index (χ1) is 12.0. The monoisotopic (exact) mass is 350 g/mol. The van der Waals surface area contributed by atoms with Crippen molar-refractivity contribution in [1.29, 1.82) is 0 Å². The summed E-state index contributed by atoms with van der Waals surface area (Å²) in [5.41, 5.74) is 0. The van der Waals surface area contributed by atoms with E-state index >= 15 is 0 Å². The third-order valence-electron chi connectivity index (χ3n) is 3.18. The highest BCUT2D eigenvalue weighted by molar-refractivity contribution is 4.47. The Bertz CT molecular complexity index is 139. The normalized spacial score (nSPS) is 24.0. The Morgan fingerprint density at radius 3 is 0.750 bits per heavy atom. The van der Waals surface area contributed by atoms with Crippen LogP contribution in [0.2, 0.25) is 0 Å². The third-order valence-corrected chi connectivity index (χ3v) is 3.18. The zero-order valence-electron chi connectivity index (χ0n) is 14.8. The van der Waals surface area contributed by atoms with Crippen molar-refractivity contribution in [2.75, 3.05) is 105 Å². The first kappa shape index (κ1) is 21.7. The standard InChI is InChI=1S/C16H34N2O6/c1-5-19-9-13-23-15-11-21-7-3-18-4-8-22-12-16-24-14-10-20-6-2-17-1/h17-18H,1-16H2. The van der Waals surface area contributed by atoms with Gasteiger partial charge in [0.25, 0.3) is 0 Å². The van der Waals surface area contributed by atoms with Crippen LogP contribution in [0.4, 0.5) is 0 Å². The van der Waals surface area contributed by atoms with E-state index in [2.05, 4.69) is 10.6 Å². The van der Waals surface area contributed by atoms with Gasteiger partial charge >= 0.3 is 0 Å². The van der Waals surface area contributed by atoms with Gasteiger partial charge in [-0.05, 0) is 0 Å². The summed E-state index contributed by atoms with van der Waals surface area (Å²) in [6, 6.07) is 0. The van der Waals surface area contributed by atoms with E-state index in [0.29, 0.717) is 79.3 Å². The van der Waals surface area contributed by atoms with E-state index in [-0.39, 0.29) is 0 Å². The molecule has 2 N–H and O–H groups in total. The van der Waals surface area contributed by atoms with Gasteiger partial charge in [0.2, 0.25) is 0 Å². The molecule has 0 saturated carbocycles. The molecule has 1 rings (SSSR count). The Hall–Kier alpha value is -0.320. The maximum absolute atomic E-state index is 5.46. The first-order valence-corrected chi connectivity index (χ1v) is 8.88. The van der Waals surface area contributed by atoms with Gasteiger partial charge < -0.3 is 39.1 Å². The molecular weight excluding hydrogens is 316 g/mol. The molecule has 0 spiro atoms. The molecule has 24 heavy (non-hydrogen) atoms. The van der Waals surface area contributed by atoms with Crippen LogP contribution in [0, 0.1) is 0 Å². The van der Waals surface area contributed by atoms with Crippen LogP contribution in [0.5, 0.6) is 0 Å². The molecular formula is C16H34N2O6. The van der Waals surface area contributed by atoms with Gasteiger partial charge in [0.05, 0.1) is 79.3 Å². The molecule has 1 heterocycles. The Morgan fingerprint density at radius 2 is 0.500 bits per heavy atom. The fourth-order valence-corrected chi connectivity index (χ4v) is 1.91. The van der Waals surface area contributed by atoms with Gasteiger partial charge in [-0.25, -0.2) is 0 Å². The van der Waals surface area contributed by atoms with E-state index in [1.807, 2.05) is 0 Å².